The summed E-state index contributed by atoms with van der Waals surface area (Å²) in [4.78, 5) is 17.9. The molecule has 2 aromatic rings. The third-order valence-electron chi connectivity index (χ3n) is 3.84. The molecule has 0 N–H and O–H groups in total. The highest BCUT2D eigenvalue weighted by Crippen LogP contribution is 2.37. The smallest absolute Gasteiger partial charge is 0.337 e. The van der Waals surface area contributed by atoms with Gasteiger partial charge in [0.1, 0.15) is 5.82 Å². The summed E-state index contributed by atoms with van der Waals surface area (Å²) >= 11 is 0. The normalized spacial score (nSPS) is 23.2. The largest absolute Gasteiger partial charge is 0.404 e. The van der Waals surface area contributed by atoms with Crippen LogP contribution in [-0.4, -0.2) is 18.1 Å². The van der Waals surface area contributed by atoms with Crippen molar-refractivity contribution in [2.45, 2.75) is 32.2 Å². The molecule has 2 aromatic heterocycles. The average Bonchev–Trinajstić information content (AvgIpc) is 2.34. The van der Waals surface area contributed by atoms with E-state index in [9.17, 15) is 4.79 Å². The van der Waals surface area contributed by atoms with Crippen LogP contribution in [0.1, 0.15) is 31.7 Å². The molecule has 94 valence electrons. The SMILES string of the molecule is CC1CC(C)N(C)c2nc3oc(=O)ccc3cc21. The van der Waals surface area contributed by atoms with Gasteiger partial charge in [0.05, 0.1) is 0 Å². The first kappa shape index (κ1) is 11.3. The summed E-state index contributed by atoms with van der Waals surface area (Å²) in [7, 11) is 2.04. The molecule has 1 aliphatic heterocycles. The van der Waals surface area contributed by atoms with E-state index in [4.69, 9.17) is 4.42 Å². The van der Waals surface area contributed by atoms with Gasteiger partial charge in [-0.1, -0.05) is 6.92 Å². The van der Waals surface area contributed by atoms with E-state index >= 15 is 0 Å². The Morgan fingerprint density at radius 2 is 2.17 bits per heavy atom. The van der Waals surface area contributed by atoms with E-state index in [1.165, 1.54) is 11.6 Å². The highest BCUT2D eigenvalue weighted by Gasteiger charge is 2.27. The second kappa shape index (κ2) is 3.83. The van der Waals surface area contributed by atoms with E-state index in [0.717, 1.165) is 17.6 Å². The Labute approximate surface area is 105 Å². The summed E-state index contributed by atoms with van der Waals surface area (Å²) in [5.41, 5.74) is 1.31. The summed E-state index contributed by atoms with van der Waals surface area (Å²) in [6.45, 7) is 4.40. The summed E-state index contributed by atoms with van der Waals surface area (Å²) in [6.07, 6.45) is 1.12. The second-order valence-electron chi connectivity index (χ2n) is 5.15. The molecule has 0 saturated heterocycles. The van der Waals surface area contributed by atoms with Gasteiger partial charge in [0.2, 0.25) is 5.71 Å². The van der Waals surface area contributed by atoms with E-state index in [1.807, 2.05) is 7.05 Å². The van der Waals surface area contributed by atoms with Gasteiger partial charge in [-0.3, -0.25) is 0 Å². The van der Waals surface area contributed by atoms with Crippen molar-refractivity contribution in [2.24, 2.45) is 0 Å². The monoisotopic (exact) mass is 244 g/mol. The molecule has 0 radical (unpaired) electrons. The molecule has 0 aromatic carbocycles. The van der Waals surface area contributed by atoms with Crippen molar-refractivity contribution in [1.29, 1.82) is 0 Å². The van der Waals surface area contributed by atoms with Crippen LogP contribution in [0, 0.1) is 0 Å². The number of fused-ring (bicyclic) bond motifs is 2. The maximum Gasteiger partial charge on any atom is 0.337 e. The van der Waals surface area contributed by atoms with Gasteiger partial charge >= 0.3 is 5.63 Å². The molecule has 3 rings (SSSR count). The van der Waals surface area contributed by atoms with Crippen LogP contribution in [0.15, 0.2) is 27.4 Å². The third-order valence-corrected chi connectivity index (χ3v) is 3.84. The maximum absolute atomic E-state index is 11.2. The van der Waals surface area contributed by atoms with Crippen LogP contribution in [0.3, 0.4) is 0 Å². The minimum atomic E-state index is -0.352. The highest BCUT2D eigenvalue weighted by atomic mass is 16.4. The number of nitrogens with zero attached hydrogens (tertiary/aromatic N) is 2. The van der Waals surface area contributed by atoms with Gasteiger partial charge in [-0.15, -0.1) is 0 Å². The zero-order valence-corrected chi connectivity index (χ0v) is 10.8. The Hall–Kier alpha value is -1.84. The lowest BCUT2D eigenvalue weighted by Gasteiger charge is -2.36. The van der Waals surface area contributed by atoms with Crippen molar-refractivity contribution in [3.05, 3.63) is 34.2 Å². The molecule has 4 heteroatoms. The average molecular weight is 244 g/mol. The molecule has 2 unspecified atom stereocenters. The number of pyridine rings is 1. The molecule has 18 heavy (non-hydrogen) atoms. The highest BCUT2D eigenvalue weighted by molar-refractivity contribution is 5.77. The quantitative estimate of drug-likeness (QED) is 0.714. The van der Waals surface area contributed by atoms with Crippen LogP contribution >= 0.6 is 0 Å². The molecule has 0 amide bonds. The van der Waals surface area contributed by atoms with E-state index in [1.54, 1.807) is 6.07 Å². The summed E-state index contributed by atoms with van der Waals surface area (Å²) in [6, 6.07) is 5.76. The molecule has 3 heterocycles. The van der Waals surface area contributed by atoms with Gasteiger partial charge in [0, 0.05) is 24.5 Å². The fourth-order valence-electron chi connectivity index (χ4n) is 2.66. The Kier molecular flexibility index (Phi) is 2.40. The Bertz CT molecular complexity index is 662. The molecular formula is C14H16N2O2. The molecule has 1 aliphatic rings. The second-order valence-corrected chi connectivity index (χ2v) is 5.15. The molecule has 0 spiro atoms. The van der Waals surface area contributed by atoms with Crippen molar-refractivity contribution < 1.29 is 4.42 Å². The van der Waals surface area contributed by atoms with Gasteiger partial charge in [-0.25, -0.2) is 4.79 Å². The fraction of sp³-hybridized carbons (Fsp3) is 0.429. The predicted molar refractivity (Wildman–Crippen MR) is 71.2 cm³/mol. The van der Waals surface area contributed by atoms with Gasteiger partial charge < -0.3 is 9.32 Å². The predicted octanol–water partition coefficient (Wildman–Crippen LogP) is 2.52. The zero-order valence-electron chi connectivity index (χ0n) is 10.8. The van der Waals surface area contributed by atoms with E-state index in [2.05, 4.69) is 29.8 Å². The zero-order chi connectivity index (χ0) is 12.9. The Morgan fingerprint density at radius 1 is 1.39 bits per heavy atom. The maximum atomic E-state index is 11.2. The Morgan fingerprint density at radius 3 is 2.94 bits per heavy atom. The summed E-state index contributed by atoms with van der Waals surface area (Å²) < 4.78 is 5.15. The minimum Gasteiger partial charge on any atom is -0.404 e. The van der Waals surface area contributed by atoms with Crippen LogP contribution in [0.4, 0.5) is 5.82 Å². The number of aromatic nitrogens is 1. The molecular weight excluding hydrogens is 228 g/mol. The molecule has 4 nitrogen and oxygen atoms in total. The number of hydrogen-bond acceptors (Lipinski definition) is 4. The number of anilines is 1. The number of rotatable bonds is 0. The number of hydrogen-bond donors (Lipinski definition) is 0. The lowest BCUT2D eigenvalue weighted by atomic mass is 9.89. The molecule has 0 fully saturated rings. The van der Waals surface area contributed by atoms with Crippen LogP contribution in [0.5, 0.6) is 0 Å². The van der Waals surface area contributed by atoms with Gasteiger partial charge in [-0.05, 0) is 37.0 Å². The summed E-state index contributed by atoms with van der Waals surface area (Å²) in [5.74, 6) is 1.41. The fourth-order valence-corrected chi connectivity index (χ4v) is 2.66. The van der Waals surface area contributed by atoms with Crippen molar-refractivity contribution in [3.8, 4) is 0 Å². The standard InChI is InChI=1S/C14H16N2O2/c1-8-6-9(2)16(3)13-11(8)7-10-4-5-12(17)18-14(10)15-13/h4-5,7-9H,6H2,1-3H3. The van der Waals surface area contributed by atoms with E-state index in [0.29, 0.717) is 17.7 Å². The van der Waals surface area contributed by atoms with Crippen LogP contribution in [-0.2, 0) is 0 Å². The van der Waals surface area contributed by atoms with Crippen molar-refractivity contribution >= 4 is 16.9 Å². The van der Waals surface area contributed by atoms with Crippen LogP contribution in [0.2, 0.25) is 0 Å². The lowest BCUT2D eigenvalue weighted by molar-refractivity contribution is 0.518. The minimum absolute atomic E-state index is 0.352. The first-order valence-corrected chi connectivity index (χ1v) is 6.24. The first-order chi connectivity index (χ1) is 8.56. The molecule has 0 bridgehead atoms. The lowest BCUT2D eigenvalue weighted by Crippen LogP contribution is -2.35. The van der Waals surface area contributed by atoms with Gasteiger partial charge in [-0.2, -0.15) is 4.98 Å². The Balaban J connectivity index is 2.29. The third kappa shape index (κ3) is 1.60. The van der Waals surface area contributed by atoms with E-state index < -0.39 is 0 Å². The van der Waals surface area contributed by atoms with Gasteiger partial charge in [0.15, 0.2) is 0 Å². The van der Waals surface area contributed by atoms with Crippen molar-refractivity contribution in [2.75, 3.05) is 11.9 Å². The molecule has 2 atom stereocenters. The first-order valence-electron chi connectivity index (χ1n) is 6.24. The van der Waals surface area contributed by atoms with Crippen molar-refractivity contribution in [1.82, 2.24) is 4.98 Å². The molecule has 0 aliphatic carbocycles. The van der Waals surface area contributed by atoms with Crippen LogP contribution in [0.25, 0.3) is 11.1 Å². The van der Waals surface area contributed by atoms with Crippen molar-refractivity contribution in [3.63, 3.8) is 0 Å². The van der Waals surface area contributed by atoms with E-state index in [-0.39, 0.29) is 5.63 Å². The van der Waals surface area contributed by atoms with Gasteiger partial charge in [0.25, 0.3) is 0 Å². The topological polar surface area (TPSA) is 46.3 Å². The molecule has 0 saturated carbocycles. The van der Waals surface area contributed by atoms with Crippen LogP contribution < -0.4 is 10.5 Å². The summed E-state index contributed by atoms with van der Waals surface area (Å²) in [5, 5.41) is 0.892.